The molecule has 2 heterocycles. The van der Waals surface area contributed by atoms with E-state index >= 15 is 0 Å². The summed E-state index contributed by atoms with van der Waals surface area (Å²) in [6, 6.07) is 17.2. The van der Waals surface area contributed by atoms with Crippen molar-refractivity contribution in [1.29, 1.82) is 0 Å². The van der Waals surface area contributed by atoms with Gasteiger partial charge in [0, 0.05) is 24.7 Å². The van der Waals surface area contributed by atoms with E-state index in [0.29, 0.717) is 18.5 Å². The Morgan fingerprint density at radius 2 is 1.88 bits per heavy atom. The Labute approximate surface area is 195 Å². The number of rotatable bonds is 6. The lowest BCUT2D eigenvalue weighted by atomic mass is 10.0. The summed E-state index contributed by atoms with van der Waals surface area (Å²) in [7, 11) is 0. The lowest BCUT2D eigenvalue weighted by Gasteiger charge is -2.33. The molecule has 0 saturated carbocycles. The minimum absolute atomic E-state index is 0.111. The summed E-state index contributed by atoms with van der Waals surface area (Å²) in [5.74, 6) is -0.371. The molecule has 1 fully saturated rings. The third-order valence-electron chi connectivity index (χ3n) is 6.02. The molecule has 0 unspecified atom stereocenters. The highest BCUT2D eigenvalue weighted by atomic mass is 16.2. The first-order valence-corrected chi connectivity index (χ1v) is 11.4. The molecular formula is C27H30N4O2. The Balaban J connectivity index is 1.50. The van der Waals surface area contributed by atoms with Crippen LogP contribution < -0.4 is 5.32 Å². The highest BCUT2D eigenvalue weighted by Gasteiger charge is 2.40. The average molecular weight is 443 g/mol. The molecular weight excluding hydrogens is 412 g/mol. The van der Waals surface area contributed by atoms with Crippen molar-refractivity contribution in [3.05, 3.63) is 95.1 Å². The van der Waals surface area contributed by atoms with Crippen LogP contribution in [-0.4, -0.2) is 38.8 Å². The molecule has 0 bridgehead atoms. The zero-order valence-electron chi connectivity index (χ0n) is 19.4. The third-order valence-corrected chi connectivity index (χ3v) is 6.02. The van der Waals surface area contributed by atoms with E-state index in [1.165, 1.54) is 11.1 Å². The van der Waals surface area contributed by atoms with Crippen molar-refractivity contribution in [2.24, 2.45) is 0 Å². The second-order valence-corrected chi connectivity index (χ2v) is 9.20. The Morgan fingerprint density at radius 3 is 2.64 bits per heavy atom. The Hall–Kier alpha value is -3.54. The number of nitrogens with zero attached hydrogens (tertiary/aromatic N) is 3. The molecule has 1 aromatic heterocycles. The van der Waals surface area contributed by atoms with Gasteiger partial charge in [-0.15, -0.1) is 0 Å². The summed E-state index contributed by atoms with van der Waals surface area (Å²) in [5.41, 5.74) is 3.58. The molecule has 2 amide bonds. The van der Waals surface area contributed by atoms with Gasteiger partial charge < -0.3 is 10.2 Å². The first kappa shape index (κ1) is 22.6. The molecule has 6 heteroatoms. The van der Waals surface area contributed by atoms with Crippen LogP contribution in [0.4, 0.5) is 0 Å². The van der Waals surface area contributed by atoms with Gasteiger partial charge in [0.15, 0.2) is 0 Å². The fourth-order valence-electron chi connectivity index (χ4n) is 4.38. The molecule has 33 heavy (non-hydrogen) atoms. The molecule has 0 aliphatic carbocycles. The third kappa shape index (κ3) is 5.28. The van der Waals surface area contributed by atoms with Gasteiger partial charge in [-0.05, 0) is 51.3 Å². The molecule has 0 radical (unpaired) electrons. The van der Waals surface area contributed by atoms with E-state index in [1.54, 1.807) is 38.4 Å². The van der Waals surface area contributed by atoms with Crippen molar-refractivity contribution in [1.82, 2.24) is 20.2 Å². The largest absolute Gasteiger partial charge is 0.338 e. The summed E-state index contributed by atoms with van der Waals surface area (Å²) in [4.78, 5) is 37.3. The highest BCUT2D eigenvalue weighted by molar-refractivity contribution is 5.99. The maximum Gasteiger partial charge on any atom is 0.252 e. The number of benzene rings is 2. The van der Waals surface area contributed by atoms with Gasteiger partial charge in [0.25, 0.3) is 5.91 Å². The fraction of sp³-hybridized carbons (Fsp3) is 0.333. The smallest absolute Gasteiger partial charge is 0.252 e. The zero-order chi connectivity index (χ0) is 23.4. The summed E-state index contributed by atoms with van der Waals surface area (Å²) < 4.78 is 0. The van der Waals surface area contributed by atoms with E-state index < -0.39 is 5.54 Å². The van der Waals surface area contributed by atoms with E-state index in [1.807, 2.05) is 29.2 Å². The van der Waals surface area contributed by atoms with Crippen LogP contribution >= 0.6 is 0 Å². The summed E-state index contributed by atoms with van der Waals surface area (Å²) in [6.07, 6.45) is 5.96. The number of aryl methyl sites for hydroxylation is 1. The first-order chi connectivity index (χ1) is 15.8. The van der Waals surface area contributed by atoms with Gasteiger partial charge in [-0.1, -0.05) is 48.0 Å². The van der Waals surface area contributed by atoms with Crippen LogP contribution in [0, 0.1) is 6.92 Å². The molecule has 1 N–H and O–H groups in total. The minimum atomic E-state index is -1.04. The Kier molecular flexibility index (Phi) is 6.54. The predicted molar refractivity (Wildman–Crippen MR) is 128 cm³/mol. The Morgan fingerprint density at radius 1 is 1.09 bits per heavy atom. The standard InChI is InChI=1S/C27H30N4O2/c1-19-9-7-10-20(15-19)16-22-17-28-18-23(29-22)24-13-8-14-31(24)26(33)27(2,3)30-25(32)21-11-5-4-6-12-21/h4-7,9-12,15,17-18,24H,8,13-14,16H2,1-3H3,(H,30,32)/t24-/m1/s1. The van der Waals surface area contributed by atoms with Crippen molar-refractivity contribution in [2.45, 2.75) is 51.6 Å². The molecule has 3 aromatic rings. The maximum atomic E-state index is 13.5. The van der Waals surface area contributed by atoms with E-state index in [2.05, 4.69) is 35.4 Å². The Bertz CT molecular complexity index is 1140. The highest BCUT2D eigenvalue weighted by Crippen LogP contribution is 2.32. The second kappa shape index (κ2) is 9.53. The molecule has 1 aliphatic heterocycles. The SMILES string of the molecule is Cc1cccc(Cc2cncc([C@H]3CCCN3C(=O)C(C)(C)NC(=O)c3ccccc3)n2)c1. The van der Waals surface area contributed by atoms with Gasteiger partial charge in [0.2, 0.25) is 5.91 Å². The molecule has 1 atom stereocenters. The number of likely N-dealkylation sites (tertiary alicyclic amines) is 1. The van der Waals surface area contributed by atoms with Gasteiger partial charge in [-0.25, -0.2) is 0 Å². The van der Waals surface area contributed by atoms with Crippen molar-refractivity contribution in [3.63, 3.8) is 0 Å². The molecule has 170 valence electrons. The summed E-state index contributed by atoms with van der Waals surface area (Å²) in [6.45, 7) is 6.22. The normalized spacial score (nSPS) is 16.0. The molecule has 4 rings (SSSR count). The molecule has 0 spiro atoms. The van der Waals surface area contributed by atoms with Gasteiger partial charge in [0.1, 0.15) is 5.54 Å². The molecule has 1 aliphatic rings. The van der Waals surface area contributed by atoms with E-state index in [9.17, 15) is 9.59 Å². The lowest BCUT2D eigenvalue weighted by molar-refractivity contribution is -0.137. The van der Waals surface area contributed by atoms with Crippen molar-refractivity contribution < 1.29 is 9.59 Å². The van der Waals surface area contributed by atoms with Gasteiger partial charge in [-0.3, -0.25) is 19.6 Å². The zero-order valence-corrected chi connectivity index (χ0v) is 19.4. The molecule has 2 aromatic carbocycles. The summed E-state index contributed by atoms with van der Waals surface area (Å²) >= 11 is 0. The quantitative estimate of drug-likeness (QED) is 0.619. The second-order valence-electron chi connectivity index (χ2n) is 9.20. The van der Waals surface area contributed by atoms with E-state index in [4.69, 9.17) is 4.98 Å². The van der Waals surface area contributed by atoms with E-state index in [0.717, 1.165) is 24.2 Å². The van der Waals surface area contributed by atoms with Crippen LogP contribution in [0.3, 0.4) is 0 Å². The minimum Gasteiger partial charge on any atom is -0.338 e. The van der Waals surface area contributed by atoms with Gasteiger partial charge in [-0.2, -0.15) is 0 Å². The van der Waals surface area contributed by atoms with Crippen molar-refractivity contribution >= 4 is 11.8 Å². The maximum absolute atomic E-state index is 13.5. The number of hydrogen-bond acceptors (Lipinski definition) is 4. The molecule has 6 nitrogen and oxygen atoms in total. The van der Waals surface area contributed by atoms with E-state index in [-0.39, 0.29) is 17.9 Å². The number of carbonyl (C=O) groups is 2. The molecule has 1 saturated heterocycles. The lowest BCUT2D eigenvalue weighted by Crippen LogP contribution is -2.55. The van der Waals surface area contributed by atoms with Gasteiger partial charge >= 0.3 is 0 Å². The fourth-order valence-corrected chi connectivity index (χ4v) is 4.38. The number of amides is 2. The average Bonchev–Trinajstić information content (AvgIpc) is 3.29. The van der Waals surface area contributed by atoms with Crippen LogP contribution in [0.1, 0.15) is 65.6 Å². The topological polar surface area (TPSA) is 75.2 Å². The summed E-state index contributed by atoms with van der Waals surface area (Å²) in [5, 5.41) is 2.90. The first-order valence-electron chi connectivity index (χ1n) is 11.4. The predicted octanol–water partition coefficient (Wildman–Crippen LogP) is 4.25. The van der Waals surface area contributed by atoms with Crippen LogP contribution in [0.25, 0.3) is 0 Å². The number of hydrogen-bond donors (Lipinski definition) is 1. The van der Waals surface area contributed by atoms with Crippen molar-refractivity contribution in [2.75, 3.05) is 6.54 Å². The van der Waals surface area contributed by atoms with Crippen LogP contribution in [-0.2, 0) is 11.2 Å². The number of carbonyl (C=O) groups excluding carboxylic acids is 2. The monoisotopic (exact) mass is 442 g/mol. The van der Waals surface area contributed by atoms with Crippen LogP contribution in [0.5, 0.6) is 0 Å². The van der Waals surface area contributed by atoms with Crippen molar-refractivity contribution in [3.8, 4) is 0 Å². The van der Waals surface area contributed by atoms with Crippen LogP contribution in [0.15, 0.2) is 67.0 Å². The number of nitrogens with one attached hydrogen (secondary N) is 1. The number of aromatic nitrogens is 2. The van der Waals surface area contributed by atoms with Crippen LogP contribution in [0.2, 0.25) is 0 Å². The van der Waals surface area contributed by atoms with Gasteiger partial charge in [0.05, 0.1) is 23.6 Å².